The number of amides is 1. The van der Waals surface area contributed by atoms with Crippen molar-refractivity contribution in [2.75, 3.05) is 5.32 Å². The number of carbonyl (C=O) groups excluding carboxylic acids is 1. The second-order valence-electron chi connectivity index (χ2n) is 5.18. The molecule has 0 spiro atoms. The molecule has 2 rings (SSSR count). The van der Waals surface area contributed by atoms with Crippen molar-refractivity contribution in [3.8, 4) is 0 Å². The Bertz CT molecular complexity index is 645. The van der Waals surface area contributed by atoms with Crippen LogP contribution in [0.3, 0.4) is 0 Å². The number of halogens is 1. The van der Waals surface area contributed by atoms with Gasteiger partial charge >= 0.3 is 0 Å². The summed E-state index contributed by atoms with van der Waals surface area (Å²) in [6, 6.07) is 8.45. The number of anilines is 1. The minimum Gasteiger partial charge on any atom is -0.324 e. The summed E-state index contributed by atoms with van der Waals surface area (Å²) in [5.74, 6) is -0.398. The predicted octanol–water partition coefficient (Wildman–Crippen LogP) is 3.72. The molecule has 0 saturated heterocycles. The highest BCUT2D eigenvalue weighted by atomic mass is 19.1. The van der Waals surface area contributed by atoms with Crippen LogP contribution < -0.4 is 5.32 Å². The highest BCUT2D eigenvalue weighted by molar-refractivity contribution is 5.92. The fraction of sp³-hybridized carbons (Fsp3) is 0.294. The van der Waals surface area contributed by atoms with Crippen molar-refractivity contribution in [3.63, 3.8) is 0 Å². The minimum atomic E-state index is -0.269. The normalized spacial score (nSPS) is 10.5. The van der Waals surface area contributed by atoms with Crippen molar-refractivity contribution in [1.29, 1.82) is 0 Å². The quantitative estimate of drug-likeness (QED) is 0.930. The van der Waals surface area contributed by atoms with E-state index in [1.54, 1.807) is 18.2 Å². The topological polar surface area (TPSA) is 42.0 Å². The van der Waals surface area contributed by atoms with Gasteiger partial charge in [-0.05, 0) is 50.5 Å². The van der Waals surface area contributed by atoms with E-state index in [4.69, 9.17) is 0 Å². The molecule has 0 aliphatic rings. The molecule has 21 heavy (non-hydrogen) atoms. The van der Waals surface area contributed by atoms with Crippen LogP contribution in [0.25, 0.3) is 0 Å². The summed E-state index contributed by atoms with van der Waals surface area (Å²) >= 11 is 0. The van der Waals surface area contributed by atoms with Gasteiger partial charge < -0.3 is 5.32 Å². The number of aromatic nitrogens is 1. The highest BCUT2D eigenvalue weighted by Gasteiger charge is 2.10. The van der Waals surface area contributed by atoms with Crippen LogP contribution in [-0.2, 0) is 11.2 Å². The lowest BCUT2D eigenvalue weighted by molar-refractivity contribution is -0.116. The summed E-state index contributed by atoms with van der Waals surface area (Å²) in [5, 5.41) is 2.87. The third-order valence-corrected chi connectivity index (χ3v) is 3.37. The largest absolute Gasteiger partial charge is 0.324 e. The zero-order chi connectivity index (χ0) is 15.4. The molecule has 1 aromatic carbocycles. The van der Waals surface area contributed by atoms with Crippen molar-refractivity contribution >= 4 is 11.6 Å². The molecule has 1 N–H and O–H groups in total. The van der Waals surface area contributed by atoms with E-state index in [0.717, 1.165) is 22.6 Å². The second kappa shape index (κ2) is 6.48. The lowest BCUT2D eigenvalue weighted by Crippen LogP contribution is -2.15. The fourth-order valence-corrected chi connectivity index (χ4v) is 2.36. The van der Waals surface area contributed by atoms with Crippen LogP contribution in [0.2, 0.25) is 0 Å². The summed E-state index contributed by atoms with van der Waals surface area (Å²) in [6.07, 6.45) is 0.629. The molecule has 0 radical (unpaired) electrons. The summed E-state index contributed by atoms with van der Waals surface area (Å²) in [4.78, 5) is 16.4. The molecule has 0 aliphatic heterocycles. The molecule has 0 unspecified atom stereocenters. The number of hydrogen-bond acceptors (Lipinski definition) is 2. The van der Waals surface area contributed by atoms with E-state index in [1.807, 2.05) is 26.8 Å². The van der Waals surface area contributed by atoms with Gasteiger partial charge in [0.05, 0.1) is 11.4 Å². The van der Waals surface area contributed by atoms with Crippen molar-refractivity contribution in [2.24, 2.45) is 0 Å². The Kier molecular flexibility index (Phi) is 4.68. The minimum absolute atomic E-state index is 0.130. The molecule has 2 aromatic rings. The standard InChI is InChI=1S/C17H19FN2O/c1-11-10-12(2)19-13(3)17(11)20-16(21)9-8-14-6-4-5-7-15(14)18/h4-7,10H,8-9H2,1-3H3,(H,20,21). The number of hydrogen-bond donors (Lipinski definition) is 1. The molecule has 0 aliphatic carbocycles. The number of aryl methyl sites for hydroxylation is 4. The second-order valence-corrected chi connectivity index (χ2v) is 5.18. The Balaban J connectivity index is 2.01. The first-order valence-corrected chi connectivity index (χ1v) is 6.95. The Morgan fingerprint density at radius 1 is 1.24 bits per heavy atom. The van der Waals surface area contributed by atoms with Crippen LogP contribution >= 0.6 is 0 Å². The Labute approximate surface area is 124 Å². The number of nitrogens with one attached hydrogen (secondary N) is 1. The van der Waals surface area contributed by atoms with Crippen LogP contribution in [-0.4, -0.2) is 10.9 Å². The van der Waals surface area contributed by atoms with Gasteiger partial charge in [0, 0.05) is 12.1 Å². The molecule has 0 saturated carbocycles. The number of pyridine rings is 1. The van der Waals surface area contributed by atoms with Gasteiger partial charge in [0.2, 0.25) is 5.91 Å². The molecule has 0 fully saturated rings. The smallest absolute Gasteiger partial charge is 0.224 e. The third kappa shape index (κ3) is 3.88. The molecule has 3 nitrogen and oxygen atoms in total. The zero-order valence-corrected chi connectivity index (χ0v) is 12.5. The SMILES string of the molecule is Cc1cc(C)c(NC(=O)CCc2ccccc2F)c(C)n1. The van der Waals surface area contributed by atoms with E-state index in [2.05, 4.69) is 10.3 Å². The van der Waals surface area contributed by atoms with E-state index in [-0.39, 0.29) is 18.1 Å². The molecule has 1 heterocycles. The Hall–Kier alpha value is -2.23. The van der Waals surface area contributed by atoms with Crippen LogP contribution in [0, 0.1) is 26.6 Å². The molecule has 0 bridgehead atoms. The van der Waals surface area contributed by atoms with Gasteiger partial charge in [-0.15, -0.1) is 0 Å². The third-order valence-electron chi connectivity index (χ3n) is 3.37. The van der Waals surface area contributed by atoms with Gasteiger partial charge in [-0.2, -0.15) is 0 Å². The van der Waals surface area contributed by atoms with Crippen LogP contribution in [0.4, 0.5) is 10.1 Å². The van der Waals surface area contributed by atoms with Gasteiger partial charge in [0.25, 0.3) is 0 Å². The Morgan fingerprint density at radius 2 is 1.95 bits per heavy atom. The molecule has 110 valence electrons. The average molecular weight is 286 g/mol. The molecule has 1 aromatic heterocycles. The first-order chi connectivity index (χ1) is 9.97. The monoisotopic (exact) mass is 286 g/mol. The lowest BCUT2D eigenvalue weighted by Gasteiger charge is -2.12. The maximum absolute atomic E-state index is 13.5. The van der Waals surface area contributed by atoms with Gasteiger partial charge in [0.15, 0.2) is 0 Å². The summed E-state index contributed by atoms with van der Waals surface area (Å²) in [7, 11) is 0. The summed E-state index contributed by atoms with van der Waals surface area (Å²) in [5.41, 5.74) is 4.02. The van der Waals surface area contributed by atoms with Crippen molar-refractivity contribution in [1.82, 2.24) is 4.98 Å². The number of nitrogens with zero attached hydrogens (tertiary/aromatic N) is 1. The number of benzene rings is 1. The first kappa shape index (κ1) is 15.2. The maximum Gasteiger partial charge on any atom is 0.224 e. The lowest BCUT2D eigenvalue weighted by atomic mass is 10.1. The van der Waals surface area contributed by atoms with E-state index >= 15 is 0 Å². The van der Waals surface area contributed by atoms with Crippen LogP contribution in [0.5, 0.6) is 0 Å². The highest BCUT2D eigenvalue weighted by Crippen LogP contribution is 2.19. The van der Waals surface area contributed by atoms with Crippen LogP contribution in [0.15, 0.2) is 30.3 Å². The van der Waals surface area contributed by atoms with Crippen LogP contribution in [0.1, 0.15) is 28.9 Å². The molecule has 0 atom stereocenters. The van der Waals surface area contributed by atoms with Crippen molar-refractivity contribution in [3.05, 3.63) is 58.7 Å². The van der Waals surface area contributed by atoms with Crippen molar-refractivity contribution < 1.29 is 9.18 Å². The van der Waals surface area contributed by atoms with Crippen molar-refractivity contribution in [2.45, 2.75) is 33.6 Å². The zero-order valence-electron chi connectivity index (χ0n) is 12.5. The maximum atomic E-state index is 13.5. The molecule has 4 heteroatoms. The predicted molar refractivity (Wildman–Crippen MR) is 81.8 cm³/mol. The fourth-order valence-electron chi connectivity index (χ4n) is 2.36. The summed E-state index contributed by atoms with van der Waals surface area (Å²) in [6.45, 7) is 5.73. The molecular weight excluding hydrogens is 267 g/mol. The molecular formula is C17H19FN2O. The Morgan fingerprint density at radius 3 is 2.62 bits per heavy atom. The molecule has 1 amide bonds. The first-order valence-electron chi connectivity index (χ1n) is 6.95. The van der Waals surface area contributed by atoms with Gasteiger partial charge in [-0.25, -0.2) is 4.39 Å². The van der Waals surface area contributed by atoms with E-state index in [9.17, 15) is 9.18 Å². The number of rotatable bonds is 4. The van der Waals surface area contributed by atoms with E-state index in [0.29, 0.717) is 12.0 Å². The van der Waals surface area contributed by atoms with E-state index in [1.165, 1.54) is 6.07 Å². The summed E-state index contributed by atoms with van der Waals surface area (Å²) < 4.78 is 13.5. The average Bonchev–Trinajstić information content (AvgIpc) is 2.42. The number of carbonyl (C=O) groups is 1. The van der Waals surface area contributed by atoms with Gasteiger partial charge in [-0.3, -0.25) is 9.78 Å². The van der Waals surface area contributed by atoms with Gasteiger partial charge in [-0.1, -0.05) is 18.2 Å². The van der Waals surface area contributed by atoms with E-state index < -0.39 is 0 Å². The van der Waals surface area contributed by atoms with Gasteiger partial charge in [0.1, 0.15) is 5.82 Å².